The number of pyridine rings is 1. The Morgan fingerprint density at radius 1 is 1.21 bits per heavy atom. The maximum absolute atomic E-state index is 6.23. The van der Waals surface area contributed by atoms with Crippen LogP contribution in [0.25, 0.3) is 16.9 Å². The molecule has 1 aromatic carbocycles. The maximum atomic E-state index is 6.23. The molecule has 0 spiro atoms. The third-order valence-corrected chi connectivity index (χ3v) is 3.29. The molecule has 19 heavy (non-hydrogen) atoms. The van der Waals surface area contributed by atoms with Gasteiger partial charge >= 0.3 is 0 Å². The van der Waals surface area contributed by atoms with Gasteiger partial charge in [0.05, 0.1) is 11.1 Å². The minimum Gasteiger partial charge on any atom is -0.279 e. The second-order valence-corrected chi connectivity index (χ2v) is 5.34. The smallest absolute Gasteiger partial charge is 0.164 e. The lowest BCUT2D eigenvalue weighted by molar-refractivity contribution is 0.877. The topological polar surface area (TPSA) is 30.7 Å². The van der Waals surface area contributed by atoms with Crippen LogP contribution in [0, 0.1) is 0 Å². The molecule has 1 atom stereocenters. The normalized spacial score (nSPS) is 12.8. The van der Waals surface area contributed by atoms with E-state index in [1.54, 1.807) is 6.20 Å². The molecule has 0 saturated carbocycles. The molecule has 0 saturated heterocycles. The van der Waals surface area contributed by atoms with E-state index in [4.69, 9.17) is 23.2 Å². The van der Waals surface area contributed by atoms with E-state index < -0.39 is 0 Å². The van der Waals surface area contributed by atoms with Crippen LogP contribution in [-0.2, 0) is 0 Å². The van der Waals surface area contributed by atoms with Crippen LogP contribution >= 0.6 is 23.2 Å². The van der Waals surface area contributed by atoms with Crippen LogP contribution < -0.4 is 0 Å². The molecule has 5 heteroatoms. The zero-order valence-corrected chi connectivity index (χ0v) is 11.7. The Balaban J connectivity index is 2.34. The van der Waals surface area contributed by atoms with Gasteiger partial charge in [-0.15, -0.1) is 11.6 Å². The Morgan fingerprint density at radius 2 is 2.05 bits per heavy atom. The van der Waals surface area contributed by atoms with Gasteiger partial charge in [-0.05, 0) is 37.3 Å². The van der Waals surface area contributed by atoms with Crippen molar-refractivity contribution in [3.63, 3.8) is 0 Å². The minimum atomic E-state index is -0.215. The van der Waals surface area contributed by atoms with E-state index in [9.17, 15) is 0 Å². The van der Waals surface area contributed by atoms with Gasteiger partial charge in [0, 0.05) is 11.2 Å². The summed E-state index contributed by atoms with van der Waals surface area (Å²) in [4.78, 5) is 8.93. The van der Waals surface area contributed by atoms with Crippen molar-refractivity contribution in [2.24, 2.45) is 0 Å². The van der Waals surface area contributed by atoms with Gasteiger partial charge < -0.3 is 0 Å². The Hall–Kier alpha value is -1.58. The molecule has 0 N–H and O–H groups in total. The van der Waals surface area contributed by atoms with Crippen LogP contribution in [0.5, 0.6) is 0 Å². The highest BCUT2D eigenvalue weighted by Gasteiger charge is 2.16. The number of imidazole rings is 1. The molecule has 3 aromatic rings. The van der Waals surface area contributed by atoms with Crippen molar-refractivity contribution >= 4 is 34.4 Å². The van der Waals surface area contributed by atoms with E-state index in [1.807, 2.05) is 47.9 Å². The highest BCUT2D eigenvalue weighted by atomic mass is 35.5. The first-order chi connectivity index (χ1) is 9.16. The van der Waals surface area contributed by atoms with Crippen LogP contribution in [0.1, 0.15) is 18.1 Å². The summed E-state index contributed by atoms with van der Waals surface area (Å²) >= 11 is 12.3. The van der Waals surface area contributed by atoms with E-state index in [1.165, 1.54) is 0 Å². The van der Waals surface area contributed by atoms with Crippen molar-refractivity contribution in [3.8, 4) is 5.69 Å². The molecule has 0 bridgehead atoms. The van der Waals surface area contributed by atoms with E-state index in [2.05, 4.69) is 9.97 Å². The average Bonchev–Trinajstić information content (AvgIpc) is 2.78. The molecule has 0 fully saturated rings. The molecule has 0 amide bonds. The molecule has 2 aromatic heterocycles. The van der Waals surface area contributed by atoms with Gasteiger partial charge in [0.1, 0.15) is 11.3 Å². The van der Waals surface area contributed by atoms with Gasteiger partial charge in [-0.1, -0.05) is 17.7 Å². The fourth-order valence-corrected chi connectivity index (χ4v) is 2.40. The van der Waals surface area contributed by atoms with Gasteiger partial charge in [-0.3, -0.25) is 4.57 Å². The summed E-state index contributed by atoms with van der Waals surface area (Å²) in [7, 11) is 0. The average molecular weight is 292 g/mol. The third-order valence-electron chi connectivity index (χ3n) is 2.86. The largest absolute Gasteiger partial charge is 0.279 e. The summed E-state index contributed by atoms with van der Waals surface area (Å²) < 4.78 is 1.94. The molecule has 0 aliphatic rings. The number of rotatable bonds is 2. The number of halogens is 2. The maximum Gasteiger partial charge on any atom is 0.164 e. The van der Waals surface area contributed by atoms with Gasteiger partial charge in [-0.2, -0.15) is 0 Å². The zero-order chi connectivity index (χ0) is 13.4. The van der Waals surface area contributed by atoms with E-state index in [-0.39, 0.29) is 5.38 Å². The summed E-state index contributed by atoms with van der Waals surface area (Å²) in [5.41, 5.74) is 2.52. The summed E-state index contributed by atoms with van der Waals surface area (Å²) in [6.45, 7) is 1.89. The van der Waals surface area contributed by atoms with Crippen molar-refractivity contribution < 1.29 is 0 Å². The van der Waals surface area contributed by atoms with Crippen LogP contribution in [0.2, 0.25) is 5.02 Å². The predicted molar refractivity (Wildman–Crippen MR) is 78.1 cm³/mol. The predicted octanol–water partition coefficient (Wildman–Crippen LogP) is 4.37. The summed E-state index contributed by atoms with van der Waals surface area (Å²) in [6, 6.07) is 11.4. The molecule has 3 rings (SSSR count). The molecule has 0 aliphatic heterocycles. The van der Waals surface area contributed by atoms with E-state index in [0.29, 0.717) is 5.02 Å². The molecule has 1 unspecified atom stereocenters. The standard InChI is InChI=1S/C14H11Cl2N3/c1-9(15)13-18-12-6-3-7-17-14(12)19(13)11-5-2-4-10(16)8-11/h2-9H,1H3. The van der Waals surface area contributed by atoms with Gasteiger partial charge in [0.25, 0.3) is 0 Å². The Bertz CT molecular complexity index is 734. The van der Waals surface area contributed by atoms with Crippen molar-refractivity contribution in [3.05, 3.63) is 53.4 Å². The number of benzene rings is 1. The summed E-state index contributed by atoms with van der Waals surface area (Å²) in [6.07, 6.45) is 1.74. The zero-order valence-electron chi connectivity index (χ0n) is 10.2. The van der Waals surface area contributed by atoms with Gasteiger partial charge in [-0.25, -0.2) is 9.97 Å². The molecule has 96 valence electrons. The van der Waals surface area contributed by atoms with Crippen molar-refractivity contribution in [1.82, 2.24) is 14.5 Å². The van der Waals surface area contributed by atoms with Gasteiger partial charge in [0.2, 0.25) is 0 Å². The number of aromatic nitrogens is 3. The highest BCUT2D eigenvalue weighted by Crippen LogP contribution is 2.27. The highest BCUT2D eigenvalue weighted by molar-refractivity contribution is 6.30. The molecular weight excluding hydrogens is 281 g/mol. The number of fused-ring (bicyclic) bond motifs is 1. The van der Waals surface area contributed by atoms with E-state index in [0.717, 1.165) is 22.7 Å². The number of alkyl halides is 1. The van der Waals surface area contributed by atoms with Crippen molar-refractivity contribution in [1.29, 1.82) is 0 Å². The van der Waals surface area contributed by atoms with Crippen LogP contribution in [0.3, 0.4) is 0 Å². The fraction of sp³-hybridized carbons (Fsp3) is 0.143. The van der Waals surface area contributed by atoms with Gasteiger partial charge in [0.15, 0.2) is 5.65 Å². The van der Waals surface area contributed by atoms with E-state index >= 15 is 0 Å². The molecular formula is C14H11Cl2N3. The van der Waals surface area contributed by atoms with Crippen LogP contribution in [-0.4, -0.2) is 14.5 Å². The number of nitrogens with zero attached hydrogens (tertiary/aromatic N) is 3. The van der Waals surface area contributed by atoms with Crippen molar-refractivity contribution in [2.45, 2.75) is 12.3 Å². The lowest BCUT2D eigenvalue weighted by Gasteiger charge is -2.10. The second-order valence-electron chi connectivity index (χ2n) is 4.25. The third kappa shape index (κ3) is 2.20. The van der Waals surface area contributed by atoms with Crippen LogP contribution in [0.15, 0.2) is 42.6 Å². The second kappa shape index (κ2) is 4.83. The summed E-state index contributed by atoms with van der Waals surface area (Å²) in [5.74, 6) is 0.762. The lowest BCUT2D eigenvalue weighted by atomic mass is 10.3. The van der Waals surface area contributed by atoms with Crippen LogP contribution in [0.4, 0.5) is 0 Å². The summed E-state index contributed by atoms with van der Waals surface area (Å²) in [5, 5.41) is 0.455. The first-order valence-corrected chi connectivity index (χ1v) is 6.71. The lowest BCUT2D eigenvalue weighted by Crippen LogP contribution is -2.02. The fourth-order valence-electron chi connectivity index (χ4n) is 2.07. The molecule has 2 heterocycles. The Kier molecular flexibility index (Phi) is 3.17. The minimum absolute atomic E-state index is 0.215. The molecule has 0 aliphatic carbocycles. The Labute approximate surface area is 120 Å². The Morgan fingerprint density at radius 3 is 2.79 bits per heavy atom. The molecule has 0 radical (unpaired) electrons. The first kappa shape index (κ1) is 12.5. The number of hydrogen-bond donors (Lipinski definition) is 0. The number of hydrogen-bond acceptors (Lipinski definition) is 2. The first-order valence-electron chi connectivity index (χ1n) is 5.90. The SMILES string of the molecule is CC(Cl)c1nc2cccnc2n1-c1cccc(Cl)c1. The molecule has 3 nitrogen and oxygen atoms in total. The van der Waals surface area contributed by atoms with Crippen molar-refractivity contribution in [2.75, 3.05) is 0 Å². The monoisotopic (exact) mass is 291 g/mol. The quantitative estimate of drug-likeness (QED) is 0.656.